The van der Waals surface area contributed by atoms with Crippen LogP contribution in [-0.2, 0) is 11.3 Å². The molecule has 0 bridgehead atoms. The summed E-state index contributed by atoms with van der Waals surface area (Å²) in [6.07, 6.45) is 4.23. The first-order valence-electron chi connectivity index (χ1n) is 9.47. The lowest BCUT2D eigenvalue weighted by atomic mass is 10.1. The number of ether oxygens (including phenoxy) is 2. The highest BCUT2D eigenvalue weighted by Gasteiger charge is 2.07. The molecule has 0 saturated carbocycles. The molecular formula is C21H29FN4O2. The van der Waals surface area contributed by atoms with E-state index < -0.39 is 5.82 Å². The lowest BCUT2D eigenvalue weighted by Crippen LogP contribution is -2.38. The van der Waals surface area contributed by atoms with E-state index in [4.69, 9.17) is 9.47 Å². The number of benzene rings is 1. The summed E-state index contributed by atoms with van der Waals surface area (Å²) in [6.45, 7) is 6.82. The number of nitrogens with zero attached hydrogens (tertiary/aromatic N) is 2. The summed E-state index contributed by atoms with van der Waals surface area (Å²) in [5.74, 6) is 1.52. The fraction of sp³-hybridized carbons (Fsp3) is 0.429. The van der Waals surface area contributed by atoms with E-state index in [0.717, 1.165) is 18.6 Å². The van der Waals surface area contributed by atoms with Crippen LogP contribution in [0.2, 0.25) is 0 Å². The van der Waals surface area contributed by atoms with Crippen molar-refractivity contribution in [2.75, 3.05) is 26.8 Å². The summed E-state index contributed by atoms with van der Waals surface area (Å²) in [5, 5.41) is 6.33. The molecule has 0 amide bonds. The minimum Gasteiger partial charge on any atom is -0.453 e. The second kappa shape index (κ2) is 11.9. The van der Waals surface area contributed by atoms with Gasteiger partial charge in [0, 0.05) is 32.9 Å². The zero-order chi connectivity index (χ0) is 20.2. The average Bonchev–Trinajstić information content (AvgIpc) is 2.69. The van der Waals surface area contributed by atoms with Crippen LogP contribution in [0.25, 0.3) is 0 Å². The maximum Gasteiger partial charge on any atom is 0.191 e. The van der Waals surface area contributed by atoms with Gasteiger partial charge in [-0.3, -0.25) is 9.98 Å². The molecule has 1 aromatic heterocycles. The van der Waals surface area contributed by atoms with E-state index in [9.17, 15) is 4.39 Å². The van der Waals surface area contributed by atoms with Gasteiger partial charge in [0.2, 0.25) is 0 Å². The molecule has 1 heterocycles. The molecule has 0 radical (unpaired) electrons. The van der Waals surface area contributed by atoms with Crippen LogP contribution in [0.15, 0.2) is 47.7 Å². The van der Waals surface area contributed by atoms with Crippen molar-refractivity contribution in [2.24, 2.45) is 10.9 Å². The maximum absolute atomic E-state index is 14.3. The molecule has 0 fully saturated rings. The lowest BCUT2D eigenvalue weighted by molar-refractivity contribution is 0.128. The second-order valence-electron chi connectivity index (χ2n) is 6.70. The lowest BCUT2D eigenvalue weighted by Gasteiger charge is -2.13. The Kier molecular flexibility index (Phi) is 9.21. The largest absolute Gasteiger partial charge is 0.453 e. The third-order valence-corrected chi connectivity index (χ3v) is 3.92. The van der Waals surface area contributed by atoms with Crippen molar-refractivity contribution in [1.29, 1.82) is 0 Å². The number of guanidine groups is 1. The number of pyridine rings is 1. The minimum atomic E-state index is -0.426. The van der Waals surface area contributed by atoms with Gasteiger partial charge in [-0.25, -0.2) is 4.39 Å². The predicted octanol–water partition coefficient (Wildman–Crippen LogP) is 3.74. The number of nitrogens with one attached hydrogen (secondary N) is 2. The van der Waals surface area contributed by atoms with Gasteiger partial charge in [-0.1, -0.05) is 19.9 Å². The normalized spacial score (nSPS) is 11.5. The van der Waals surface area contributed by atoms with Gasteiger partial charge in [0.25, 0.3) is 0 Å². The molecule has 28 heavy (non-hydrogen) atoms. The fourth-order valence-corrected chi connectivity index (χ4v) is 2.34. The van der Waals surface area contributed by atoms with Crippen LogP contribution in [0.5, 0.6) is 11.5 Å². The molecule has 0 spiro atoms. The maximum atomic E-state index is 14.3. The first-order valence-corrected chi connectivity index (χ1v) is 9.47. The van der Waals surface area contributed by atoms with Crippen LogP contribution < -0.4 is 15.4 Å². The Morgan fingerprint density at radius 2 is 2.07 bits per heavy atom. The smallest absolute Gasteiger partial charge is 0.191 e. The van der Waals surface area contributed by atoms with Crippen LogP contribution in [0, 0.1) is 11.7 Å². The molecule has 2 aromatic rings. The van der Waals surface area contributed by atoms with Crippen LogP contribution in [0.3, 0.4) is 0 Å². The number of aliphatic imine (C=N–C) groups is 1. The Morgan fingerprint density at radius 1 is 1.21 bits per heavy atom. The van der Waals surface area contributed by atoms with Crippen LogP contribution in [0.1, 0.15) is 25.8 Å². The summed E-state index contributed by atoms with van der Waals surface area (Å²) in [6, 6.07) is 8.33. The number of rotatable bonds is 10. The zero-order valence-corrected chi connectivity index (χ0v) is 16.7. The van der Waals surface area contributed by atoms with E-state index in [0.29, 0.717) is 37.3 Å². The predicted molar refractivity (Wildman–Crippen MR) is 109 cm³/mol. The van der Waals surface area contributed by atoms with Crippen LogP contribution in [0.4, 0.5) is 4.39 Å². The van der Waals surface area contributed by atoms with E-state index in [1.807, 2.05) is 6.07 Å². The van der Waals surface area contributed by atoms with E-state index in [2.05, 4.69) is 34.5 Å². The number of hydrogen-bond acceptors (Lipinski definition) is 4. The van der Waals surface area contributed by atoms with Crippen molar-refractivity contribution < 1.29 is 13.9 Å². The fourth-order valence-electron chi connectivity index (χ4n) is 2.34. The van der Waals surface area contributed by atoms with Crippen LogP contribution in [-0.4, -0.2) is 37.7 Å². The third kappa shape index (κ3) is 7.92. The summed E-state index contributed by atoms with van der Waals surface area (Å²) >= 11 is 0. The Labute approximate surface area is 166 Å². The molecule has 2 N–H and O–H groups in total. The van der Waals surface area contributed by atoms with Crippen molar-refractivity contribution in [3.05, 3.63) is 54.1 Å². The summed E-state index contributed by atoms with van der Waals surface area (Å²) < 4.78 is 25.4. The van der Waals surface area contributed by atoms with Crippen molar-refractivity contribution >= 4 is 5.96 Å². The topological polar surface area (TPSA) is 67.8 Å². The van der Waals surface area contributed by atoms with E-state index >= 15 is 0 Å². The number of aromatic nitrogens is 1. The highest BCUT2D eigenvalue weighted by molar-refractivity contribution is 5.79. The highest BCUT2D eigenvalue weighted by Crippen LogP contribution is 2.24. The van der Waals surface area contributed by atoms with Gasteiger partial charge < -0.3 is 20.1 Å². The van der Waals surface area contributed by atoms with Gasteiger partial charge in [0.05, 0.1) is 12.8 Å². The van der Waals surface area contributed by atoms with Crippen molar-refractivity contribution in [3.8, 4) is 11.5 Å². The Balaban J connectivity index is 1.75. The molecule has 152 valence electrons. The molecule has 0 aliphatic rings. The van der Waals surface area contributed by atoms with Gasteiger partial charge in [-0.2, -0.15) is 0 Å². The Bertz CT molecular complexity index is 738. The zero-order valence-electron chi connectivity index (χ0n) is 16.7. The highest BCUT2D eigenvalue weighted by atomic mass is 19.1. The number of hydrogen-bond donors (Lipinski definition) is 2. The van der Waals surface area contributed by atoms with Gasteiger partial charge >= 0.3 is 0 Å². The molecule has 6 nitrogen and oxygen atoms in total. The standard InChI is InChI=1S/C21H29FN4O2/c1-16(2)8-11-27-12-10-25-21(23-3)26-14-17-6-7-20(19(22)13-17)28-18-5-4-9-24-15-18/h4-7,9,13,15-16H,8,10-12,14H2,1-3H3,(H2,23,25,26). The molecule has 0 unspecified atom stereocenters. The van der Waals surface area contributed by atoms with Gasteiger partial charge in [0.15, 0.2) is 17.5 Å². The SMILES string of the molecule is CN=C(NCCOCCC(C)C)NCc1ccc(Oc2cccnc2)c(F)c1. The number of halogens is 1. The van der Waals surface area contributed by atoms with E-state index in [1.165, 1.54) is 12.3 Å². The molecule has 0 aliphatic carbocycles. The second-order valence-corrected chi connectivity index (χ2v) is 6.70. The molecular weight excluding hydrogens is 359 g/mol. The van der Waals surface area contributed by atoms with Gasteiger partial charge in [-0.05, 0) is 42.2 Å². The molecule has 7 heteroatoms. The molecule has 0 saturated heterocycles. The summed E-state index contributed by atoms with van der Waals surface area (Å²) in [5.41, 5.74) is 0.784. The summed E-state index contributed by atoms with van der Waals surface area (Å²) in [7, 11) is 1.69. The molecule has 0 aliphatic heterocycles. The van der Waals surface area contributed by atoms with Gasteiger partial charge in [0.1, 0.15) is 5.75 Å². The van der Waals surface area contributed by atoms with E-state index in [1.54, 1.807) is 31.4 Å². The quantitative estimate of drug-likeness (QED) is 0.369. The van der Waals surface area contributed by atoms with Gasteiger partial charge in [-0.15, -0.1) is 0 Å². The molecule has 0 atom stereocenters. The first kappa shape index (κ1) is 21.6. The first-order chi connectivity index (χ1) is 13.6. The van der Waals surface area contributed by atoms with Crippen molar-refractivity contribution in [3.63, 3.8) is 0 Å². The monoisotopic (exact) mass is 388 g/mol. The average molecular weight is 388 g/mol. The molecule has 1 aromatic carbocycles. The van der Waals surface area contributed by atoms with Crippen molar-refractivity contribution in [2.45, 2.75) is 26.8 Å². The Morgan fingerprint density at radius 3 is 2.75 bits per heavy atom. The van der Waals surface area contributed by atoms with Crippen molar-refractivity contribution in [1.82, 2.24) is 15.6 Å². The molecule has 2 rings (SSSR count). The van der Waals surface area contributed by atoms with Crippen LogP contribution >= 0.6 is 0 Å². The summed E-state index contributed by atoms with van der Waals surface area (Å²) in [4.78, 5) is 8.11. The minimum absolute atomic E-state index is 0.165. The third-order valence-electron chi connectivity index (χ3n) is 3.92. The Hall–Kier alpha value is -2.67. The van der Waals surface area contributed by atoms with E-state index in [-0.39, 0.29) is 5.75 Å².